The van der Waals surface area contributed by atoms with Crippen LogP contribution in [-0.4, -0.2) is 9.13 Å². The van der Waals surface area contributed by atoms with Crippen LogP contribution in [0.3, 0.4) is 0 Å². The van der Waals surface area contributed by atoms with Gasteiger partial charge in [-0.05, 0) is 81.9 Å². The number of fused-ring (bicyclic) bond motifs is 7. The Morgan fingerprint density at radius 2 is 0.760 bits per heavy atom. The minimum Gasteiger partial charge on any atom is -0.309 e. The number of nitrogens with zero attached hydrogens (tertiary/aromatic N) is 2. The van der Waals surface area contributed by atoms with Crippen molar-refractivity contribution in [3.05, 3.63) is 194 Å². The maximum absolute atomic E-state index is 2.50. The summed E-state index contributed by atoms with van der Waals surface area (Å²) in [5.74, 6) is 0. The molecule has 2 aromatic heterocycles. The second-order valence-corrected chi connectivity index (χ2v) is 13.0. The van der Waals surface area contributed by atoms with Crippen LogP contribution in [0.1, 0.15) is 0 Å². The SMILES string of the molecule is c1ccc(-c2cccc(-n3c4ccccc4c4c3ccc3c5ccccc5n(-c5cc(-c6ccccc6)cc(-c6ccccc6)c5)c34)c2)cc1. The first kappa shape index (κ1) is 28.4. The van der Waals surface area contributed by atoms with Gasteiger partial charge in [0.05, 0.1) is 22.1 Å². The lowest BCUT2D eigenvalue weighted by Crippen LogP contribution is -1.97. The van der Waals surface area contributed by atoms with E-state index in [0.717, 1.165) is 11.4 Å². The predicted molar refractivity (Wildman–Crippen MR) is 211 cm³/mol. The molecule has 2 heteroatoms. The third kappa shape index (κ3) is 4.50. The summed E-state index contributed by atoms with van der Waals surface area (Å²) in [6.45, 7) is 0. The highest BCUT2D eigenvalue weighted by Crippen LogP contribution is 2.43. The maximum atomic E-state index is 2.50. The molecule has 0 aliphatic carbocycles. The molecule has 0 aliphatic heterocycles. The fourth-order valence-corrected chi connectivity index (χ4v) is 7.84. The van der Waals surface area contributed by atoms with E-state index in [4.69, 9.17) is 0 Å². The molecule has 10 rings (SSSR count). The van der Waals surface area contributed by atoms with Gasteiger partial charge in [-0.2, -0.15) is 0 Å². The number of para-hydroxylation sites is 2. The van der Waals surface area contributed by atoms with E-state index in [1.54, 1.807) is 0 Å². The van der Waals surface area contributed by atoms with Crippen LogP contribution < -0.4 is 0 Å². The van der Waals surface area contributed by atoms with Crippen LogP contribution in [0.4, 0.5) is 0 Å². The molecule has 2 nitrogen and oxygen atoms in total. The Kier molecular flexibility index (Phi) is 6.53. The van der Waals surface area contributed by atoms with Crippen molar-refractivity contribution in [1.82, 2.24) is 9.13 Å². The van der Waals surface area contributed by atoms with Crippen molar-refractivity contribution < 1.29 is 0 Å². The molecule has 50 heavy (non-hydrogen) atoms. The first-order chi connectivity index (χ1) is 24.8. The van der Waals surface area contributed by atoms with Gasteiger partial charge in [-0.15, -0.1) is 0 Å². The van der Waals surface area contributed by atoms with Gasteiger partial charge in [0.25, 0.3) is 0 Å². The lowest BCUT2D eigenvalue weighted by Gasteiger charge is -2.15. The normalized spacial score (nSPS) is 11.6. The van der Waals surface area contributed by atoms with Crippen LogP contribution in [0.15, 0.2) is 194 Å². The Bertz CT molecular complexity index is 2780. The second kappa shape index (κ2) is 11.5. The summed E-state index contributed by atoms with van der Waals surface area (Å²) < 4.78 is 4.94. The van der Waals surface area contributed by atoms with Crippen molar-refractivity contribution in [3.63, 3.8) is 0 Å². The summed E-state index contributed by atoms with van der Waals surface area (Å²) >= 11 is 0. The fraction of sp³-hybridized carbons (Fsp3) is 0. The predicted octanol–water partition coefficient (Wildman–Crippen LogP) is 12.9. The van der Waals surface area contributed by atoms with Crippen molar-refractivity contribution in [1.29, 1.82) is 0 Å². The molecule has 0 aliphatic rings. The summed E-state index contributed by atoms with van der Waals surface area (Å²) in [6, 6.07) is 70.4. The van der Waals surface area contributed by atoms with E-state index in [-0.39, 0.29) is 0 Å². The summed E-state index contributed by atoms with van der Waals surface area (Å²) in [7, 11) is 0. The highest BCUT2D eigenvalue weighted by molar-refractivity contribution is 6.26. The average molecular weight is 637 g/mol. The van der Waals surface area contributed by atoms with Crippen LogP contribution in [0.5, 0.6) is 0 Å². The van der Waals surface area contributed by atoms with Crippen molar-refractivity contribution in [2.24, 2.45) is 0 Å². The molecular weight excluding hydrogens is 605 g/mol. The molecule has 0 amide bonds. The molecule has 0 unspecified atom stereocenters. The largest absolute Gasteiger partial charge is 0.309 e. The van der Waals surface area contributed by atoms with E-state index in [2.05, 4.69) is 203 Å². The van der Waals surface area contributed by atoms with Gasteiger partial charge in [0.15, 0.2) is 0 Å². The fourth-order valence-electron chi connectivity index (χ4n) is 7.84. The first-order valence-electron chi connectivity index (χ1n) is 17.2. The number of benzene rings is 8. The molecule has 0 saturated heterocycles. The monoisotopic (exact) mass is 636 g/mol. The van der Waals surface area contributed by atoms with Crippen LogP contribution in [0, 0.1) is 0 Å². The van der Waals surface area contributed by atoms with E-state index < -0.39 is 0 Å². The molecular formula is C48H32N2. The highest BCUT2D eigenvalue weighted by atomic mass is 15.0. The van der Waals surface area contributed by atoms with E-state index in [1.165, 1.54) is 77.0 Å². The Morgan fingerprint density at radius 1 is 0.260 bits per heavy atom. The van der Waals surface area contributed by atoms with Crippen LogP contribution in [-0.2, 0) is 0 Å². The van der Waals surface area contributed by atoms with Gasteiger partial charge in [0.2, 0.25) is 0 Å². The Balaban J connectivity index is 1.32. The lowest BCUT2D eigenvalue weighted by atomic mass is 9.98. The molecule has 10 aromatic rings. The lowest BCUT2D eigenvalue weighted by molar-refractivity contribution is 1.17. The molecule has 0 N–H and O–H groups in total. The van der Waals surface area contributed by atoms with E-state index in [1.807, 2.05) is 0 Å². The standard InChI is InChI=1S/C48H32N2/c1-4-15-33(16-5-1)36-21-14-22-39(30-36)49-45-26-13-11-24-43(45)47-46(49)28-27-42-41-23-10-12-25-44(41)50(48(42)47)40-31-37(34-17-6-2-7-18-34)29-38(32-40)35-19-8-3-9-20-35/h1-32H. The van der Waals surface area contributed by atoms with E-state index >= 15 is 0 Å². The van der Waals surface area contributed by atoms with E-state index in [0.29, 0.717) is 0 Å². The first-order valence-corrected chi connectivity index (χ1v) is 17.2. The summed E-state index contributed by atoms with van der Waals surface area (Å²) in [5, 5.41) is 5.00. The Hall–Kier alpha value is -6.64. The van der Waals surface area contributed by atoms with Crippen molar-refractivity contribution >= 4 is 43.6 Å². The van der Waals surface area contributed by atoms with Crippen LogP contribution in [0.25, 0.3) is 88.4 Å². The third-order valence-corrected chi connectivity index (χ3v) is 10.1. The van der Waals surface area contributed by atoms with Gasteiger partial charge in [-0.25, -0.2) is 0 Å². The number of rotatable bonds is 5. The van der Waals surface area contributed by atoms with Crippen molar-refractivity contribution in [2.75, 3.05) is 0 Å². The zero-order valence-electron chi connectivity index (χ0n) is 27.4. The van der Waals surface area contributed by atoms with Crippen LogP contribution in [0.2, 0.25) is 0 Å². The molecule has 0 atom stereocenters. The Morgan fingerprint density at radius 3 is 1.40 bits per heavy atom. The number of aromatic nitrogens is 2. The van der Waals surface area contributed by atoms with Crippen LogP contribution >= 0.6 is 0 Å². The quantitative estimate of drug-likeness (QED) is 0.178. The number of hydrogen-bond donors (Lipinski definition) is 0. The van der Waals surface area contributed by atoms with Gasteiger partial charge in [0.1, 0.15) is 0 Å². The molecule has 0 saturated carbocycles. The summed E-state index contributed by atoms with van der Waals surface area (Å²) in [4.78, 5) is 0. The molecule has 0 fully saturated rings. The zero-order valence-corrected chi connectivity index (χ0v) is 27.4. The summed E-state index contributed by atoms with van der Waals surface area (Å²) in [5.41, 5.74) is 14.3. The third-order valence-electron chi connectivity index (χ3n) is 10.1. The van der Waals surface area contributed by atoms with Crippen molar-refractivity contribution in [3.8, 4) is 44.8 Å². The van der Waals surface area contributed by atoms with Gasteiger partial charge in [0, 0.05) is 32.9 Å². The minimum atomic E-state index is 1.15. The average Bonchev–Trinajstić information content (AvgIpc) is 3.72. The van der Waals surface area contributed by atoms with Crippen molar-refractivity contribution in [2.45, 2.75) is 0 Å². The molecule has 0 radical (unpaired) electrons. The molecule has 8 aromatic carbocycles. The minimum absolute atomic E-state index is 1.15. The number of hydrogen-bond acceptors (Lipinski definition) is 0. The molecule has 0 bridgehead atoms. The Labute approximate surface area is 290 Å². The van der Waals surface area contributed by atoms with Gasteiger partial charge >= 0.3 is 0 Å². The highest BCUT2D eigenvalue weighted by Gasteiger charge is 2.21. The molecule has 234 valence electrons. The molecule has 2 heterocycles. The second-order valence-electron chi connectivity index (χ2n) is 13.0. The van der Waals surface area contributed by atoms with Gasteiger partial charge in [-0.3, -0.25) is 0 Å². The molecule has 0 spiro atoms. The van der Waals surface area contributed by atoms with Gasteiger partial charge < -0.3 is 9.13 Å². The topological polar surface area (TPSA) is 9.86 Å². The van der Waals surface area contributed by atoms with Gasteiger partial charge in [-0.1, -0.05) is 146 Å². The zero-order chi connectivity index (χ0) is 33.0. The maximum Gasteiger partial charge on any atom is 0.0641 e. The van der Waals surface area contributed by atoms with E-state index in [9.17, 15) is 0 Å². The smallest absolute Gasteiger partial charge is 0.0641 e. The summed E-state index contributed by atoms with van der Waals surface area (Å²) in [6.07, 6.45) is 0.